The van der Waals surface area contributed by atoms with Crippen LogP contribution in [0.25, 0.3) is 0 Å². The van der Waals surface area contributed by atoms with Crippen molar-refractivity contribution in [3.05, 3.63) is 12.3 Å². The lowest BCUT2D eigenvalue weighted by molar-refractivity contribution is 0.113. The molecule has 0 N–H and O–H groups in total. The average molecular weight is 411 g/mol. The molecule has 0 spiro atoms. The van der Waals surface area contributed by atoms with Gasteiger partial charge in [-0.3, -0.25) is 0 Å². The Hall–Kier alpha value is -0.106. The molecule has 9 heteroatoms. The van der Waals surface area contributed by atoms with Gasteiger partial charge < -0.3 is 31.6 Å². The predicted molar refractivity (Wildman–Crippen MR) is 106 cm³/mol. The van der Waals surface area contributed by atoms with E-state index in [4.69, 9.17) is 31.6 Å². The van der Waals surface area contributed by atoms with Crippen LogP contribution in [0.3, 0.4) is 0 Å². The largest absolute Gasteiger partial charge is 0.499 e. The Kier molecular flexibility index (Phi) is 14.8. The maximum absolute atomic E-state index is 5.78. The van der Waals surface area contributed by atoms with E-state index < -0.39 is 17.4 Å². The third-order valence-corrected chi connectivity index (χ3v) is 9.93. The minimum absolute atomic E-state index is 0.343. The van der Waals surface area contributed by atoms with Crippen LogP contribution in [0.2, 0.25) is 12.1 Å². The topological polar surface area (TPSA) is 67.9 Å². The van der Waals surface area contributed by atoms with Crippen molar-refractivity contribution in [1.29, 1.82) is 0 Å². The molecule has 1 saturated heterocycles. The summed E-state index contributed by atoms with van der Waals surface area (Å²) in [4.78, 5) is 0. The summed E-state index contributed by atoms with van der Waals surface area (Å²) in [5.41, 5.74) is 1.88. The van der Waals surface area contributed by atoms with Crippen LogP contribution in [0, 0.1) is 0 Å². The third-order valence-electron chi connectivity index (χ3n) is 3.97. The number of epoxide rings is 1. The molecule has 0 aliphatic carbocycles. The van der Waals surface area contributed by atoms with E-state index in [-0.39, 0.29) is 0 Å². The molecule has 0 saturated carbocycles. The van der Waals surface area contributed by atoms with Crippen LogP contribution in [0.15, 0.2) is 12.3 Å². The molecule has 0 aromatic carbocycles. The van der Waals surface area contributed by atoms with Crippen LogP contribution in [0.5, 0.6) is 0 Å². The molecule has 7 nitrogen and oxygen atoms in total. The summed E-state index contributed by atoms with van der Waals surface area (Å²) in [5.74, 6) is 0. The molecule has 1 aliphatic heterocycles. The molecule has 1 aliphatic rings. The lowest BCUT2D eigenvalue weighted by atomic mass is 10.5. The highest BCUT2D eigenvalue weighted by atomic mass is 28.4. The van der Waals surface area contributed by atoms with Gasteiger partial charge in [-0.2, -0.15) is 0 Å². The summed E-state index contributed by atoms with van der Waals surface area (Å²) < 4.78 is 37.4. The molecule has 1 heterocycles. The van der Waals surface area contributed by atoms with E-state index in [2.05, 4.69) is 6.58 Å². The summed E-state index contributed by atoms with van der Waals surface area (Å²) >= 11 is 0. The van der Waals surface area contributed by atoms with Gasteiger partial charge in [-0.1, -0.05) is 6.92 Å². The zero-order valence-electron chi connectivity index (χ0n) is 17.4. The Morgan fingerprint density at radius 2 is 1.58 bits per heavy atom. The molecular weight excluding hydrogens is 372 g/mol. The Bertz CT molecular complexity index is 326. The van der Waals surface area contributed by atoms with E-state index >= 15 is 0 Å². The van der Waals surface area contributed by atoms with Crippen molar-refractivity contribution in [2.75, 3.05) is 54.4 Å². The van der Waals surface area contributed by atoms with Gasteiger partial charge in [-0.15, -0.1) is 6.58 Å². The number of ether oxygens (including phenoxy) is 2. The molecule has 0 amide bonds. The lowest BCUT2D eigenvalue weighted by Crippen LogP contribution is -2.41. The van der Waals surface area contributed by atoms with Gasteiger partial charge in [0.1, 0.15) is 6.10 Å². The lowest BCUT2D eigenvalue weighted by Gasteiger charge is -2.26. The average Bonchev–Trinajstić information content (AvgIpc) is 3.49. The minimum Gasteiger partial charge on any atom is -0.392 e. The van der Waals surface area contributed by atoms with E-state index in [0.29, 0.717) is 25.9 Å². The summed E-state index contributed by atoms with van der Waals surface area (Å²) in [7, 11) is 0.472. The maximum atomic E-state index is 5.78. The van der Waals surface area contributed by atoms with E-state index in [0.717, 1.165) is 31.7 Å². The highest BCUT2D eigenvalue weighted by Gasteiger charge is 2.35. The Labute approximate surface area is 161 Å². The minimum atomic E-state index is -2.19. The second-order valence-corrected chi connectivity index (χ2v) is 12.1. The number of hydrogen-bond donors (Lipinski definition) is 0. The van der Waals surface area contributed by atoms with E-state index in [1.165, 1.54) is 0 Å². The van der Waals surface area contributed by atoms with Crippen LogP contribution in [-0.4, -0.2) is 77.8 Å². The molecule has 1 fully saturated rings. The highest BCUT2D eigenvalue weighted by Crippen LogP contribution is 2.18. The molecule has 0 radical (unpaired) electrons. The second kappa shape index (κ2) is 14.9. The predicted octanol–water partition coefficient (Wildman–Crippen LogP) is 2.92. The van der Waals surface area contributed by atoms with E-state index in [1.54, 1.807) is 21.3 Å². The maximum Gasteiger partial charge on any atom is 0.499 e. The fraction of sp³-hybridized carbons (Fsp3) is 0.882. The second-order valence-electron chi connectivity index (χ2n) is 5.66. The van der Waals surface area contributed by atoms with Crippen molar-refractivity contribution in [2.45, 2.75) is 45.4 Å². The van der Waals surface area contributed by atoms with Crippen LogP contribution in [0.4, 0.5) is 0 Å². The van der Waals surface area contributed by atoms with E-state index in [1.807, 2.05) is 26.5 Å². The molecule has 0 aromatic rings. The van der Waals surface area contributed by atoms with Gasteiger partial charge in [0.15, 0.2) is 0 Å². The summed E-state index contributed by atoms with van der Waals surface area (Å²) in [5, 5.41) is 0. The number of rotatable bonds is 15. The van der Waals surface area contributed by atoms with Gasteiger partial charge in [-0.05, 0) is 32.0 Å². The van der Waals surface area contributed by atoms with E-state index in [9.17, 15) is 0 Å². The highest BCUT2D eigenvalue weighted by molar-refractivity contribution is 6.72. The Morgan fingerprint density at radius 1 is 1.04 bits per heavy atom. The normalized spacial score (nSPS) is 16.8. The van der Waals surface area contributed by atoms with Crippen molar-refractivity contribution in [3.63, 3.8) is 0 Å². The fourth-order valence-electron chi connectivity index (χ4n) is 2.38. The van der Waals surface area contributed by atoms with Gasteiger partial charge >= 0.3 is 17.4 Å². The standard InChI is InChI=1S/C12H24O4Si.C5H14O3Si/c1-4-15-17(6-3,16-5-2)9-7-8-13-10-12-11-14-12;1-5-9(6-2,7-3)8-4/h6,12H,3-5,7-11H2,1-2H3;5H2,1-4H3. The van der Waals surface area contributed by atoms with Gasteiger partial charge in [-0.25, -0.2) is 0 Å². The monoisotopic (exact) mass is 410 g/mol. The molecular formula is C17H38O7Si2. The molecule has 0 aromatic heterocycles. The summed E-state index contributed by atoms with van der Waals surface area (Å²) in [6.07, 6.45) is 1.29. The first-order valence-corrected chi connectivity index (χ1v) is 13.3. The first kappa shape index (κ1) is 25.9. The first-order valence-electron chi connectivity index (χ1n) is 9.27. The molecule has 0 bridgehead atoms. The first-order chi connectivity index (χ1) is 12.5. The molecule has 1 rings (SSSR count). The quantitative estimate of drug-likeness (QED) is 0.234. The Morgan fingerprint density at radius 3 is 1.88 bits per heavy atom. The van der Waals surface area contributed by atoms with Crippen LogP contribution in [0.1, 0.15) is 27.2 Å². The van der Waals surface area contributed by atoms with Crippen molar-refractivity contribution in [1.82, 2.24) is 0 Å². The van der Waals surface area contributed by atoms with Crippen LogP contribution in [-0.2, 0) is 31.6 Å². The molecule has 26 heavy (non-hydrogen) atoms. The Balaban J connectivity index is 0.000000590. The summed E-state index contributed by atoms with van der Waals surface area (Å²) in [6.45, 7) is 13.5. The van der Waals surface area contributed by atoms with Gasteiger partial charge in [0.2, 0.25) is 0 Å². The van der Waals surface area contributed by atoms with Crippen LogP contribution < -0.4 is 0 Å². The van der Waals surface area contributed by atoms with Crippen molar-refractivity contribution in [3.8, 4) is 0 Å². The zero-order valence-corrected chi connectivity index (χ0v) is 19.4. The van der Waals surface area contributed by atoms with Crippen molar-refractivity contribution >= 4 is 17.4 Å². The summed E-state index contributed by atoms with van der Waals surface area (Å²) in [6, 6.07) is 1.72. The zero-order chi connectivity index (χ0) is 19.9. The fourth-order valence-corrected chi connectivity index (χ4v) is 6.17. The van der Waals surface area contributed by atoms with Gasteiger partial charge in [0, 0.05) is 47.2 Å². The van der Waals surface area contributed by atoms with Crippen molar-refractivity contribution < 1.29 is 31.6 Å². The van der Waals surface area contributed by atoms with Crippen molar-refractivity contribution in [2.24, 2.45) is 0 Å². The molecule has 1 atom stereocenters. The van der Waals surface area contributed by atoms with Gasteiger partial charge in [0.05, 0.1) is 13.2 Å². The third kappa shape index (κ3) is 10.3. The van der Waals surface area contributed by atoms with Gasteiger partial charge in [0.25, 0.3) is 0 Å². The molecule has 156 valence electrons. The number of hydrogen-bond acceptors (Lipinski definition) is 7. The molecule has 1 unspecified atom stereocenters. The SMILES string of the molecule is C=C[Si](CCCOCC1CO1)(OCC)OCC.CC[Si](OC)(OC)OC. The van der Waals surface area contributed by atoms with Crippen LogP contribution >= 0.6 is 0 Å². The smallest absolute Gasteiger partial charge is 0.392 e.